The topological polar surface area (TPSA) is 126 Å². The lowest BCUT2D eigenvalue weighted by Gasteiger charge is -2.20. The molecule has 0 saturated carbocycles. The van der Waals surface area contributed by atoms with Crippen LogP contribution in [0.3, 0.4) is 0 Å². The molecule has 42 heavy (non-hydrogen) atoms. The summed E-state index contributed by atoms with van der Waals surface area (Å²) < 4.78 is 13.3. The van der Waals surface area contributed by atoms with Crippen LogP contribution in [0.5, 0.6) is 17.2 Å². The highest BCUT2D eigenvalue weighted by atomic mass is 79.9. The number of ether oxygens (including phenoxy) is 2. The molecule has 3 amide bonds. The molecule has 9 nitrogen and oxygen atoms in total. The van der Waals surface area contributed by atoms with Gasteiger partial charge in [-0.05, 0) is 118 Å². The maximum absolute atomic E-state index is 13.4. The van der Waals surface area contributed by atoms with Crippen molar-refractivity contribution in [3.8, 4) is 17.2 Å². The van der Waals surface area contributed by atoms with Gasteiger partial charge in [0.15, 0.2) is 0 Å². The zero-order valence-corrected chi connectivity index (χ0v) is 29.1. The number of anilines is 1. The molecule has 0 aromatic heterocycles. The van der Waals surface area contributed by atoms with Crippen molar-refractivity contribution >= 4 is 87.1 Å². The summed E-state index contributed by atoms with van der Waals surface area (Å²) in [6.07, 6.45) is 0.927. The van der Waals surface area contributed by atoms with Crippen LogP contribution in [0, 0.1) is 0 Å². The van der Waals surface area contributed by atoms with Gasteiger partial charge in [-0.2, -0.15) is 0 Å². The van der Waals surface area contributed by atoms with Crippen molar-refractivity contribution in [2.45, 2.75) is 32.2 Å². The first-order valence-corrected chi connectivity index (χ1v) is 15.9. The minimum absolute atomic E-state index is 0.00666. The van der Waals surface area contributed by atoms with E-state index in [2.05, 4.69) is 79.7 Å². The summed E-state index contributed by atoms with van der Waals surface area (Å²) in [7, 11) is 1.56. The minimum atomic E-state index is -0.915. The summed E-state index contributed by atoms with van der Waals surface area (Å²) >= 11 is 13.5. The molecule has 3 rings (SSSR count). The Bertz CT molecular complexity index is 1390. The van der Waals surface area contributed by atoms with Gasteiger partial charge in [-0.25, -0.2) is 0 Å². The lowest BCUT2D eigenvalue weighted by molar-refractivity contribution is -0.126. The fourth-order valence-corrected chi connectivity index (χ4v) is 6.69. The number of hydrogen-bond acceptors (Lipinski definition) is 6. The van der Waals surface area contributed by atoms with Gasteiger partial charge in [0.25, 0.3) is 0 Å². The van der Waals surface area contributed by atoms with Gasteiger partial charge in [0.1, 0.15) is 23.3 Å². The average Bonchev–Trinajstić information content (AvgIpc) is 2.91. The fraction of sp³-hybridized carbons (Fsp3) is 0.276. The molecule has 224 valence electrons. The molecule has 0 aliphatic heterocycles. The van der Waals surface area contributed by atoms with Crippen molar-refractivity contribution in [1.82, 2.24) is 10.6 Å². The van der Waals surface area contributed by atoms with Crippen LogP contribution < -0.4 is 25.4 Å². The fourth-order valence-electron chi connectivity index (χ4n) is 3.90. The predicted octanol–water partition coefficient (Wildman–Crippen LogP) is 6.26. The predicted molar refractivity (Wildman–Crippen MR) is 175 cm³/mol. The Hall–Kier alpha value is -2.61. The van der Waals surface area contributed by atoms with Crippen LogP contribution in [-0.2, 0) is 27.2 Å². The summed E-state index contributed by atoms with van der Waals surface area (Å²) in [5, 5.41) is 18.4. The molecule has 0 radical (unpaired) electrons. The van der Waals surface area contributed by atoms with Crippen LogP contribution in [0.2, 0.25) is 0 Å². The van der Waals surface area contributed by atoms with Crippen molar-refractivity contribution in [1.29, 1.82) is 0 Å². The molecular weight excluding hydrogens is 806 g/mol. The number of carbonyl (C=O) groups is 3. The highest BCUT2D eigenvalue weighted by molar-refractivity contribution is 9.11. The molecule has 0 fully saturated rings. The van der Waals surface area contributed by atoms with Gasteiger partial charge in [-0.15, -0.1) is 0 Å². The van der Waals surface area contributed by atoms with Gasteiger partial charge in [0, 0.05) is 25.6 Å². The first-order valence-electron chi connectivity index (χ1n) is 12.7. The number of nitrogens with one attached hydrogen (secondary N) is 3. The van der Waals surface area contributed by atoms with Crippen molar-refractivity contribution in [2.75, 3.05) is 25.6 Å². The van der Waals surface area contributed by atoms with Crippen LogP contribution in [0.15, 0.2) is 66.4 Å². The van der Waals surface area contributed by atoms with Gasteiger partial charge < -0.3 is 30.5 Å². The molecule has 0 aliphatic rings. The van der Waals surface area contributed by atoms with E-state index >= 15 is 0 Å². The van der Waals surface area contributed by atoms with Crippen LogP contribution in [0.1, 0.15) is 24.5 Å². The molecule has 0 spiro atoms. The Morgan fingerprint density at radius 3 is 2.10 bits per heavy atom. The first kappa shape index (κ1) is 33.9. The van der Waals surface area contributed by atoms with E-state index in [0.29, 0.717) is 54.6 Å². The third-order valence-corrected chi connectivity index (χ3v) is 8.28. The van der Waals surface area contributed by atoms with Crippen molar-refractivity contribution in [2.24, 2.45) is 0 Å². The van der Waals surface area contributed by atoms with Crippen LogP contribution in [0.4, 0.5) is 5.69 Å². The Labute approximate surface area is 277 Å². The van der Waals surface area contributed by atoms with Crippen molar-refractivity contribution in [3.63, 3.8) is 0 Å². The van der Waals surface area contributed by atoms with Gasteiger partial charge in [-0.3, -0.25) is 14.4 Å². The number of benzene rings is 3. The van der Waals surface area contributed by atoms with Gasteiger partial charge in [-0.1, -0.05) is 12.1 Å². The van der Waals surface area contributed by atoms with Gasteiger partial charge in [0.2, 0.25) is 17.7 Å². The molecule has 0 bridgehead atoms. The number of amides is 3. The number of carbonyl (C=O) groups excluding carboxylic acids is 3. The van der Waals surface area contributed by atoms with E-state index in [0.717, 1.165) is 11.1 Å². The molecule has 0 aliphatic carbocycles. The number of hydrogen-bond donors (Lipinski definition) is 4. The maximum atomic E-state index is 13.4. The third kappa shape index (κ3) is 10.3. The number of aromatic hydroxyl groups is 1. The largest absolute Gasteiger partial charge is 0.506 e. The van der Waals surface area contributed by atoms with E-state index in [1.54, 1.807) is 43.5 Å². The second-order valence-electron chi connectivity index (χ2n) is 9.20. The first-order chi connectivity index (χ1) is 20.0. The van der Waals surface area contributed by atoms with E-state index < -0.39 is 11.9 Å². The highest BCUT2D eigenvalue weighted by Gasteiger charge is 2.23. The zero-order valence-electron chi connectivity index (χ0n) is 22.7. The second-order valence-corrected chi connectivity index (χ2v) is 12.6. The van der Waals surface area contributed by atoms with E-state index in [9.17, 15) is 19.5 Å². The number of rotatable bonds is 13. The Balaban J connectivity index is 1.71. The van der Waals surface area contributed by atoms with Crippen LogP contribution in [0.25, 0.3) is 0 Å². The Morgan fingerprint density at radius 2 is 1.52 bits per heavy atom. The Kier molecular flexibility index (Phi) is 13.1. The quantitative estimate of drug-likeness (QED) is 0.119. The van der Waals surface area contributed by atoms with Crippen molar-refractivity contribution in [3.05, 3.63) is 77.5 Å². The average molecular weight is 835 g/mol. The van der Waals surface area contributed by atoms with E-state index in [1.807, 2.05) is 12.1 Å². The summed E-state index contributed by atoms with van der Waals surface area (Å²) in [6, 6.07) is 13.0. The third-order valence-electron chi connectivity index (χ3n) is 5.89. The number of phenols is 1. The molecular formula is C29H29Br4N3O6. The van der Waals surface area contributed by atoms with Gasteiger partial charge >= 0.3 is 0 Å². The normalized spacial score (nSPS) is 11.4. The maximum Gasteiger partial charge on any atom is 0.247 e. The smallest absolute Gasteiger partial charge is 0.247 e. The highest BCUT2D eigenvalue weighted by Crippen LogP contribution is 2.36. The molecule has 13 heteroatoms. The van der Waals surface area contributed by atoms with Gasteiger partial charge in [0.05, 0.1) is 38.0 Å². The molecule has 0 unspecified atom stereocenters. The molecule has 4 N–H and O–H groups in total. The summed E-state index contributed by atoms with van der Waals surface area (Å²) in [5.74, 6) is 0.428. The lowest BCUT2D eigenvalue weighted by Crippen LogP contribution is -2.45. The molecule has 0 heterocycles. The standard InChI is InChI=1S/C29H29Br4N3O6/c1-16(37)34-8-3-9-42-20-6-4-17(5-7-20)13-26(38)36-25(12-18-10-23(32)28(41-2)24(33)11-18)29(40)35-19-14-21(30)27(39)22(31)15-19/h4-7,10-11,14-15,25,39H,3,8-9,12-13H2,1-2H3,(H,34,37)(H,35,40)(H,36,38)/t25-/m1/s1. The number of phenolic OH excluding ortho intramolecular Hbond substituents is 1. The summed E-state index contributed by atoms with van der Waals surface area (Å²) in [4.78, 5) is 37.5. The molecule has 3 aromatic carbocycles. The summed E-state index contributed by atoms with van der Waals surface area (Å²) in [5.41, 5.74) is 1.96. The van der Waals surface area contributed by atoms with E-state index in [4.69, 9.17) is 9.47 Å². The minimum Gasteiger partial charge on any atom is -0.506 e. The molecule has 3 aromatic rings. The lowest BCUT2D eigenvalue weighted by atomic mass is 10.0. The Morgan fingerprint density at radius 1 is 0.905 bits per heavy atom. The molecule has 0 saturated heterocycles. The number of methoxy groups -OCH3 is 1. The molecule has 1 atom stereocenters. The van der Waals surface area contributed by atoms with Crippen LogP contribution in [-0.4, -0.2) is 49.1 Å². The zero-order chi connectivity index (χ0) is 30.8. The monoisotopic (exact) mass is 831 g/mol. The van der Waals surface area contributed by atoms with Crippen molar-refractivity contribution < 1.29 is 29.0 Å². The second kappa shape index (κ2) is 16.3. The SMILES string of the molecule is COc1c(Br)cc(C[C@@H](NC(=O)Cc2ccc(OCCCNC(C)=O)cc2)C(=O)Nc2cc(Br)c(O)c(Br)c2)cc1Br. The number of halogens is 4. The summed E-state index contributed by atoms with van der Waals surface area (Å²) in [6.45, 7) is 2.45. The van der Waals surface area contributed by atoms with Crippen LogP contribution >= 0.6 is 63.7 Å². The van der Waals surface area contributed by atoms with E-state index in [-0.39, 0.29) is 30.4 Å². The van der Waals surface area contributed by atoms with E-state index in [1.165, 1.54) is 6.92 Å².